The molecule has 0 unspecified atom stereocenters. The molecule has 0 radical (unpaired) electrons. The van der Waals surface area contributed by atoms with Crippen LogP contribution in [-0.2, 0) is 17.8 Å². The molecular formula is C16H24N4O. The Bertz CT molecular complexity index is 511. The molecule has 1 amide bonds. The lowest BCUT2D eigenvalue weighted by atomic mass is 10.0. The number of fused-ring (bicyclic) bond motifs is 1. The molecule has 3 rings (SSSR count). The predicted molar refractivity (Wildman–Crippen MR) is 80.7 cm³/mol. The number of piperidine rings is 1. The Morgan fingerprint density at radius 3 is 3.14 bits per heavy atom. The zero-order chi connectivity index (χ0) is 14.7. The molecule has 0 bridgehead atoms. The van der Waals surface area contributed by atoms with Crippen LogP contribution in [0.4, 0.5) is 0 Å². The van der Waals surface area contributed by atoms with Crippen LogP contribution in [0.5, 0.6) is 0 Å². The van der Waals surface area contributed by atoms with Gasteiger partial charge in [0.05, 0.1) is 11.7 Å². The van der Waals surface area contributed by atoms with Crippen molar-refractivity contribution in [2.24, 2.45) is 0 Å². The van der Waals surface area contributed by atoms with Crippen molar-refractivity contribution >= 4 is 5.91 Å². The smallest absolute Gasteiger partial charge is 0.222 e. The highest BCUT2D eigenvalue weighted by Crippen LogP contribution is 2.23. The van der Waals surface area contributed by atoms with Crippen molar-refractivity contribution in [3.05, 3.63) is 23.3 Å². The van der Waals surface area contributed by atoms with E-state index < -0.39 is 0 Å². The molecule has 21 heavy (non-hydrogen) atoms. The predicted octanol–water partition coefficient (Wildman–Crippen LogP) is 1.98. The van der Waals surface area contributed by atoms with Crippen molar-refractivity contribution in [3.8, 4) is 0 Å². The van der Waals surface area contributed by atoms with Crippen molar-refractivity contribution in [1.82, 2.24) is 20.2 Å². The van der Waals surface area contributed by atoms with Crippen molar-refractivity contribution in [1.29, 1.82) is 0 Å². The first kappa shape index (κ1) is 14.4. The average Bonchev–Trinajstić information content (AvgIpc) is 2.55. The van der Waals surface area contributed by atoms with Crippen LogP contribution in [0.15, 0.2) is 6.20 Å². The Labute approximate surface area is 126 Å². The van der Waals surface area contributed by atoms with Gasteiger partial charge in [-0.3, -0.25) is 4.79 Å². The molecule has 1 N–H and O–H groups in total. The van der Waals surface area contributed by atoms with Crippen LogP contribution in [0.1, 0.15) is 62.2 Å². The molecule has 3 heterocycles. The van der Waals surface area contributed by atoms with Crippen molar-refractivity contribution in [3.63, 3.8) is 0 Å². The summed E-state index contributed by atoms with van der Waals surface area (Å²) in [6.07, 6.45) is 7.95. The van der Waals surface area contributed by atoms with Crippen molar-refractivity contribution in [2.75, 3.05) is 13.1 Å². The van der Waals surface area contributed by atoms with Crippen LogP contribution in [0.3, 0.4) is 0 Å². The molecule has 1 aromatic heterocycles. The molecule has 1 fully saturated rings. The molecule has 2 aliphatic heterocycles. The van der Waals surface area contributed by atoms with Gasteiger partial charge in [0.1, 0.15) is 5.82 Å². The number of aromatic nitrogens is 2. The third kappa shape index (κ3) is 3.23. The minimum absolute atomic E-state index is 0.251. The molecule has 0 spiro atoms. The third-order valence-corrected chi connectivity index (χ3v) is 4.39. The lowest BCUT2D eigenvalue weighted by molar-refractivity contribution is -0.132. The molecule has 1 atom stereocenters. The molecule has 2 aliphatic rings. The monoisotopic (exact) mass is 288 g/mol. The topological polar surface area (TPSA) is 58.1 Å². The first-order valence-corrected chi connectivity index (χ1v) is 8.13. The van der Waals surface area contributed by atoms with Crippen LogP contribution >= 0.6 is 0 Å². The number of rotatable bonds is 3. The van der Waals surface area contributed by atoms with Gasteiger partial charge in [0.25, 0.3) is 0 Å². The van der Waals surface area contributed by atoms with Gasteiger partial charge in [-0.05, 0) is 25.8 Å². The van der Waals surface area contributed by atoms with Crippen LogP contribution in [0.25, 0.3) is 0 Å². The molecule has 0 aliphatic carbocycles. The summed E-state index contributed by atoms with van der Waals surface area (Å²) in [4.78, 5) is 23.2. The van der Waals surface area contributed by atoms with E-state index in [1.54, 1.807) is 0 Å². The van der Waals surface area contributed by atoms with Gasteiger partial charge in [-0.25, -0.2) is 9.97 Å². The van der Waals surface area contributed by atoms with Crippen LogP contribution in [0.2, 0.25) is 0 Å². The molecule has 5 nitrogen and oxygen atoms in total. The molecule has 1 saturated heterocycles. The van der Waals surface area contributed by atoms with Gasteiger partial charge in [-0.15, -0.1) is 0 Å². The van der Waals surface area contributed by atoms with E-state index in [2.05, 4.69) is 10.3 Å². The maximum absolute atomic E-state index is 12.0. The van der Waals surface area contributed by atoms with Crippen molar-refractivity contribution < 1.29 is 4.79 Å². The summed E-state index contributed by atoms with van der Waals surface area (Å²) in [6, 6.07) is 0.309. The van der Waals surface area contributed by atoms with Crippen LogP contribution < -0.4 is 5.32 Å². The molecule has 0 aromatic carbocycles. The van der Waals surface area contributed by atoms with Gasteiger partial charge in [0.15, 0.2) is 0 Å². The van der Waals surface area contributed by atoms with Crippen molar-refractivity contribution in [2.45, 2.75) is 58.0 Å². The maximum atomic E-state index is 12.0. The Morgan fingerprint density at radius 2 is 2.38 bits per heavy atom. The van der Waals surface area contributed by atoms with E-state index in [1.807, 2.05) is 18.0 Å². The maximum Gasteiger partial charge on any atom is 0.222 e. The van der Waals surface area contributed by atoms with Gasteiger partial charge in [0, 0.05) is 37.7 Å². The summed E-state index contributed by atoms with van der Waals surface area (Å²) in [6.45, 7) is 4.57. The highest BCUT2D eigenvalue weighted by atomic mass is 16.2. The number of hydrogen-bond acceptors (Lipinski definition) is 4. The molecule has 0 saturated carbocycles. The highest BCUT2D eigenvalue weighted by Gasteiger charge is 2.24. The van der Waals surface area contributed by atoms with Crippen LogP contribution in [-0.4, -0.2) is 33.9 Å². The largest absolute Gasteiger partial charge is 0.338 e. The number of amides is 1. The number of carbonyl (C=O) groups is 1. The van der Waals surface area contributed by atoms with Gasteiger partial charge >= 0.3 is 0 Å². The molecule has 1 aromatic rings. The second-order valence-corrected chi connectivity index (χ2v) is 6.02. The first-order valence-electron chi connectivity index (χ1n) is 8.13. The normalized spacial score (nSPS) is 22.0. The second-order valence-electron chi connectivity index (χ2n) is 6.02. The van der Waals surface area contributed by atoms with Gasteiger partial charge < -0.3 is 10.2 Å². The summed E-state index contributed by atoms with van der Waals surface area (Å²) in [5.74, 6) is 1.18. The van der Waals surface area contributed by atoms with E-state index in [9.17, 15) is 4.79 Å². The number of nitrogens with zero attached hydrogens (tertiary/aromatic N) is 3. The fourth-order valence-corrected chi connectivity index (χ4v) is 3.16. The highest BCUT2D eigenvalue weighted by molar-refractivity contribution is 5.76. The van der Waals surface area contributed by atoms with E-state index in [0.29, 0.717) is 19.0 Å². The minimum atomic E-state index is 0.251. The van der Waals surface area contributed by atoms with E-state index >= 15 is 0 Å². The standard InChI is InChI=1S/C16H24N4O/c1-2-5-15(21)20-9-7-13-12(11-20)10-18-16(19-13)14-6-3-4-8-17-14/h10,14,17H,2-9,11H2,1H3/t14-/m1/s1. The number of nitrogens with one attached hydrogen (secondary N) is 1. The SMILES string of the molecule is CCCC(=O)N1CCc2nc([C@H]3CCCCN3)ncc2C1. The minimum Gasteiger partial charge on any atom is -0.338 e. The molecule has 5 heteroatoms. The lowest BCUT2D eigenvalue weighted by Crippen LogP contribution is -2.37. The first-order chi connectivity index (χ1) is 10.3. The summed E-state index contributed by atoms with van der Waals surface area (Å²) in [5.41, 5.74) is 2.25. The second kappa shape index (κ2) is 6.52. The van der Waals surface area contributed by atoms with Crippen LogP contribution in [0, 0.1) is 0 Å². The fourth-order valence-electron chi connectivity index (χ4n) is 3.16. The molecular weight excluding hydrogens is 264 g/mol. The van der Waals surface area contributed by atoms with Gasteiger partial charge in [0.2, 0.25) is 5.91 Å². The number of hydrogen-bond donors (Lipinski definition) is 1. The van der Waals surface area contributed by atoms with Gasteiger partial charge in [-0.1, -0.05) is 13.3 Å². The third-order valence-electron chi connectivity index (χ3n) is 4.39. The Balaban J connectivity index is 1.71. The number of carbonyl (C=O) groups excluding carboxylic acids is 1. The van der Waals surface area contributed by atoms with E-state index in [1.165, 1.54) is 12.8 Å². The zero-order valence-corrected chi connectivity index (χ0v) is 12.8. The zero-order valence-electron chi connectivity index (χ0n) is 12.8. The summed E-state index contributed by atoms with van der Waals surface area (Å²) < 4.78 is 0. The van der Waals surface area contributed by atoms with E-state index in [-0.39, 0.29) is 5.91 Å². The van der Waals surface area contributed by atoms with Gasteiger partial charge in [-0.2, -0.15) is 0 Å². The quantitative estimate of drug-likeness (QED) is 0.924. The lowest BCUT2D eigenvalue weighted by Gasteiger charge is -2.29. The van der Waals surface area contributed by atoms with E-state index in [4.69, 9.17) is 4.98 Å². The Hall–Kier alpha value is -1.49. The Morgan fingerprint density at radius 1 is 1.48 bits per heavy atom. The summed E-state index contributed by atoms with van der Waals surface area (Å²) in [7, 11) is 0. The fraction of sp³-hybridized carbons (Fsp3) is 0.688. The molecule has 114 valence electrons. The summed E-state index contributed by atoms with van der Waals surface area (Å²) in [5, 5.41) is 3.50. The Kier molecular flexibility index (Phi) is 4.48. The summed E-state index contributed by atoms with van der Waals surface area (Å²) >= 11 is 0. The van der Waals surface area contributed by atoms with E-state index in [0.717, 1.165) is 49.4 Å². The average molecular weight is 288 g/mol.